The Kier molecular flexibility index (Phi) is 3.10. The predicted molar refractivity (Wildman–Crippen MR) is 83.9 cm³/mol. The minimum atomic E-state index is 0.266. The summed E-state index contributed by atoms with van der Waals surface area (Å²) in [6.07, 6.45) is 1.94. The van der Waals surface area contributed by atoms with Gasteiger partial charge in [-0.2, -0.15) is 10.1 Å². The van der Waals surface area contributed by atoms with Gasteiger partial charge in [0.1, 0.15) is 11.3 Å². The van der Waals surface area contributed by atoms with Crippen LogP contribution in [0.15, 0.2) is 28.7 Å². The van der Waals surface area contributed by atoms with E-state index in [1.165, 1.54) is 0 Å². The highest BCUT2D eigenvalue weighted by molar-refractivity contribution is 5.74. The van der Waals surface area contributed by atoms with Crippen LogP contribution in [0.3, 0.4) is 0 Å². The standard InChI is InChI=1S/C16H19N5O/c1-10(2)15-19-14-8-7-11(9-21(14)20-15)17-16-18-12-5-3-4-6-13(12)22-16/h3-6,10-11H,7-9H2,1-2H3,(H,17,18). The lowest BCUT2D eigenvalue weighted by atomic mass is 10.1. The number of aryl methyl sites for hydroxylation is 1. The number of oxazole rings is 1. The third-order valence-electron chi connectivity index (χ3n) is 4.01. The number of aromatic nitrogens is 4. The van der Waals surface area contributed by atoms with E-state index in [4.69, 9.17) is 4.42 Å². The van der Waals surface area contributed by atoms with Crippen molar-refractivity contribution < 1.29 is 4.42 Å². The van der Waals surface area contributed by atoms with Crippen molar-refractivity contribution >= 4 is 17.1 Å². The first-order valence-electron chi connectivity index (χ1n) is 7.75. The van der Waals surface area contributed by atoms with E-state index in [2.05, 4.69) is 34.2 Å². The normalized spacial score (nSPS) is 17.9. The van der Waals surface area contributed by atoms with Crippen LogP contribution in [0.25, 0.3) is 11.1 Å². The first-order valence-corrected chi connectivity index (χ1v) is 7.75. The maximum atomic E-state index is 5.73. The van der Waals surface area contributed by atoms with Crippen molar-refractivity contribution in [1.82, 2.24) is 19.7 Å². The number of fused-ring (bicyclic) bond motifs is 2. The van der Waals surface area contributed by atoms with E-state index in [0.717, 1.165) is 42.1 Å². The number of anilines is 1. The van der Waals surface area contributed by atoms with E-state index in [-0.39, 0.29) is 6.04 Å². The number of nitrogens with zero attached hydrogens (tertiary/aromatic N) is 4. The van der Waals surface area contributed by atoms with Crippen molar-refractivity contribution in [2.75, 3.05) is 5.32 Å². The summed E-state index contributed by atoms with van der Waals surface area (Å²) < 4.78 is 7.75. The van der Waals surface area contributed by atoms with Gasteiger partial charge >= 0.3 is 0 Å². The molecule has 1 aromatic carbocycles. The Morgan fingerprint density at radius 2 is 2.14 bits per heavy atom. The van der Waals surface area contributed by atoms with Gasteiger partial charge in [-0.15, -0.1) is 0 Å². The second-order valence-electron chi connectivity index (χ2n) is 6.09. The van der Waals surface area contributed by atoms with Crippen LogP contribution < -0.4 is 5.32 Å². The Morgan fingerprint density at radius 3 is 2.95 bits per heavy atom. The van der Waals surface area contributed by atoms with Gasteiger partial charge in [-0.1, -0.05) is 26.0 Å². The lowest BCUT2D eigenvalue weighted by molar-refractivity contribution is 0.430. The van der Waals surface area contributed by atoms with Crippen molar-refractivity contribution in [1.29, 1.82) is 0 Å². The highest BCUT2D eigenvalue weighted by atomic mass is 16.4. The third kappa shape index (κ3) is 2.34. The molecule has 6 nitrogen and oxygen atoms in total. The first kappa shape index (κ1) is 13.3. The van der Waals surface area contributed by atoms with Crippen LogP contribution in [0.5, 0.6) is 0 Å². The van der Waals surface area contributed by atoms with Crippen LogP contribution in [-0.2, 0) is 13.0 Å². The second kappa shape index (κ2) is 5.12. The molecule has 1 aliphatic rings. The fourth-order valence-corrected chi connectivity index (χ4v) is 2.80. The average molecular weight is 297 g/mol. The van der Waals surface area contributed by atoms with Gasteiger partial charge in [-0.05, 0) is 18.6 Å². The molecular weight excluding hydrogens is 278 g/mol. The Balaban J connectivity index is 1.52. The SMILES string of the molecule is CC(C)c1nc2n(n1)CC(Nc1nc3ccccc3o1)CC2. The van der Waals surface area contributed by atoms with Crippen LogP contribution in [-0.4, -0.2) is 25.8 Å². The van der Waals surface area contributed by atoms with Gasteiger partial charge in [0.2, 0.25) is 0 Å². The fourth-order valence-electron chi connectivity index (χ4n) is 2.80. The molecule has 0 saturated heterocycles. The first-order chi connectivity index (χ1) is 10.7. The molecule has 4 rings (SSSR count). The number of hydrogen-bond donors (Lipinski definition) is 1. The largest absolute Gasteiger partial charge is 0.424 e. The van der Waals surface area contributed by atoms with Crippen LogP contribution in [0, 0.1) is 0 Å². The van der Waals surface area contributed by atoms with Crippen LogP contribution in [0.2, 0.25) is 0 Å². The van der Waals surface area contributed by atoms with Gasteiger partial charge in [0, 0.05) is 12.3 Å². The predicted octanol–water partition coefficient (Wildman–Crippen LogP) is 2.97. The Labute approximate surface area is 128 Å². The van der Waals surface area contributed by atoms with Crippen LogP contribution in [0.4, 0.5) is 6.01 Å². The Morgan fingerprint density at radius 1 is 1.27 bits per heavy atom. The summed E-state index contributed by atoms with van der Waals surface area (Å²) in [5, 5.41) is 7.98. The molecule has 1 N–H and O–H groups in total. The second-order valence-corrected chi connectivity index (χ2v) is 6.09. The molecule has 114 valence electrons. The maximum Gasteiger partial charge on any atom is 0.295 e. The fraction of sp³-hybridized carbons (Fsp3) is 0.438. The molecule has 0 aliphatic carbocycles. The molecule has 3 heterocycles. The molecule has 0 radical (unpaired) electrons. The van der Waals surface area contributed by atoms with Crippen molar-refractivity contribution in [3.63, 3.8) is 0 Å². The molecule has 22 heavy (non-hydrogen) atoms. The molecule has 0 saturated carbocycles. The van der Waals surface area contributed by atoms with Crippen LogP contribution in [0.1, 0.15) is 37.8 Å². The molecule has 3 aromatic rings. The summed E-state index contributed by atoms with van der Waals surface area (Å²) in [6, 6.07) is 8.65. The monoisotopic (exact) mass is 297 g/mol. The van der Waals surface area contributed by atoms with Gasteiger partial charge in [0.25, 0.3) is 6.01 Å². The van der Waals surface area contributed by atoms with Gasteiger partial charge in [0.05, 0.1) is 12.6 Å². The molecule has 2 aromatic heterocycles. The van der Waals surface area contributed by atoms with Crippen LogP contribution >= 0.6 is 0 Å². The zero-order valence-corrected chi connectivity index (χ0v) is 12.8. The van der Waals surface area contributed by atoms with Crippen molar-refractivity contribution in [2.45, 2.75) is 45.2 Å². The molecule has 1 unspecified atom stereocenters. The van der Waals surface area contributed by atoms with E-state index >= 15 is 0 Å². The molecule has 1 atom stereocenters. The van der Waals surface area contributed by atoms with Gasteiger partial charge < -0.3 is 9.73 Å². The Hall–Kier alpha value is -2.37. The minimum Gasteiger partial charge on any atom is -0.424 e. The van der Waals surface area contributed by atoms with Crippen molar-refractivity contribution in [3.05, 3.63) is 35.9 Å². The van der Waals surface area contributed by atoms with E-state index < -0.39 is 0 Å². The number of rotatable bonds is 3. The van der Waals surface area contributed by atoms with Crippen molar-refractivity contribution in [2.24, 2.45) is 0 Å². The summed E-state index contributed by atoms with van der Waals surface area (Å²) in [6.45, 7) is 5.04. The lowest BCUT2D eigenvalue weighted by Crippen LogP contribution is -2.32. The highest BCUT2D eigenvalue weighted by Gasteiger charge is 2.23. The van der Waals surface area contributed by atoms with Gasteiger partial charge in [0.15, 0.2) is 11.4 Å². The van der Waals surface area contributed by atoms with E-state index in [1.54, 1.807) is 0 Å². The Bertz CT molecular complexity index is 771. The molecular formula is C16H19N5O. The minimum absolute atomic E-state index is 0.266. The van der Waals surface area contributed by atoms with E-state index in [9.17, 15) is 0 Å². The zero-order chi connectivity index (χ0) is 15.1. The molecule has 0 spiro atoms. The molecule has 0 amide bonds. The number of benzene rings is 1. The third-order valence-corrected chi connectivity index (χ3v) is 4.01. The smallest absolute Gasteiger partial charge is 0.295 e. The average Bonchev–Trinajstić information content (AvgIpc) is 3.09. The number of nitrogens with one attached hydrogen (secondary N) is 1. The molecule has 0 bridgehead atoms. The maximum absolute atomic E-state index is 5.73. The highest BCUT2D eigenvalue weighted by Crippen LogP contribution is 2.22. The lowest BCUT2D eigenvalue weighted by Gasteiger charge is -2.22. The van der Waals surface area contributed by atoms with E-state index in [0.29, 0.717) is 11.9 Å². The number of para-hydroxylation sites is 2. The summed E-state index contributed by atoms with van der Waals surface area (Å²) in [4.78, 5) is 9.08. The van der Waals surface area contributed by atoms with Gasteiger partial charge in [-0.25, -0.2) is 9.67 Å². The van der Waals surface area contributed by atoms with Crippen molar-refractivity contribution in [3.8, 4) is 0 Å². The summed E-state index contributed by atoms with van der Waals surface area (Å²) >= 11 is 0. The van der Waals surface area contributed by atoms with E-state index in [1.807, 2.05) is 28.9 Å². The topological polar surface area (TPSA) is 68.8 Å². The zero-order valence-electron chi connectivity index (χ0n) is 12.8. The van der Waals surface area contributed by atoms with Gasteiger partial charge in [-0.3, -0.25) is 0 Å². The summed E-state index contributed by atoms with van der Waals surface area (Å²) in [7, 11) is 0. The molecule has 0 fully saturated rings. The quantitative estimate of drug-likeness (QED) is 0.805. The summed E-state index contributed by atoms with van der Waals surface area (Å²) in [5.74, 6) is 2.37. The molecule has 6 heteroatoms. The summed E-state index contributed by atoms with van der Waals surface area (Å²) in [5.41, 5.74) is 1.69. The number of hydrogen-bond acceptors (Lipinski definition) is 5. The molecule has 1 aliphatic heterocycles.